The van der Waals surface area contributed by atoms with Gasteiger partial charge in [0.05, 0.1) is 18.2 Å². The molecule has 15 heavy (non-hydrogen) atoms. The fourth-order valence-electron chi connectivity index (χ4n) is 1.79. The van der Waals surface area contributed by atoms with Crippen molar-refractivity contribution in [2.75, 3.05) is 6.54 Å². The zero-order valence-corrected chi connectivity index (χ0v) is 9.10. The lowest BCUT2D eigenvalue weighted by Gasteiger charge is -2.14. The second-order valence-electron chi connectivity index (χ2n) is 4.05. The van der Waals surface area contributed by atoms with Gasteiger partial charge in [0.2, 0.25) is 0 Å². The lowest BCUT2D eigenvalue weighted by molar-refractivity contribution is 0.0545. The van der Waals surface area contributed by atoms with Gasteiger partial charge in [0.1, 0.15) is 0 Å². The highest BCUT2D eigenvalue weighted by Crippen LogP contribution is 2.18. The summed E-state index contributed by atoms with van der Waals surface area (Å²) in [5.41, 5.74) is 0. The van der Waals surface area contributed by atoms with E-state index in [1.807, 2.05) is 6.92 Å². The zero-order chi connectivity index (χ0) is 10.7. The molecule has 6 heteroatoms. The van der Waals surface area contributed by atoms with Crippen molar-refractivity contribution in [3.63, 3.8) is 0 Å². The molecule has 6 nitrogen and oxygen atoms in total. The summed E-state index contributed by atoms with van der Waals surface area (Å²) in [5.74, 6) is 0.695. The number of rotatable bonds is 4. The van der Waals surface area contributed by atoms with Crippen LogP contribution in [-0.4, -0.2) is 39.4 Å². The number of aromatic amines is 1. The molecule has 0 amide bonds. The van der Waals surface area contributed by atoms with E-state index in [4.69, 9.17) is 4.74 Å². The lowest BCUT2D eigenvalue weighted by atomic mass is 10.2. The Morgan fingerprint density at radius 1 is 1.60 bits per heavy atom. The maximum absolute atomic E-state index is 5.70. The van der Waals surface area contributed by atoms with Gasteiger partial charge in [-0.15, -0.1) is 10.2 Å². The third-order valence-corrected chi connectivity index (χ3v) is 2.72. The summed E-state index contributed by atoms with van der Waals surface area (Å²) in [6, 6.07) is 0.114. The van der Waals surface area contributed by atoms with Crippen LogP contribution in [0.15, 0.2) is 0 Å². The van der Waals surface area contributed by atoms with E-state index in [1.165, 1.54) is 0 Å². The predicted molar refractivity (Wildman–Crippen MR) is 54.2 cm³/mol. The van der Waals surface area contributed by atoms with Crippen LogP contribution in [0.3, 0.4) is 0 Å². The summed E-state index contributed by atoms with van der Waals surface area (Å²) >= 11 is 0. The smallest absolute Gasteiger partial charge is 0.191 e. The van der Waals surface area contributed by atoms with Gasteiger partial charge < -0.3 is 10.1 Å². The number of nitrogens with zero attached hydrogens (tertiary/aromatic N) is 3. The van der Waals surface area contributed by atoms with Crippen LogP contribution in [0.25, 0.3) is 0 Å². The van der Waals surface area contributed by atoms with Crippen molar-refractivity contribution in [1.29, 1.82) is 0 Å². The Labute approximate surface area is 88.8 Å². The van der Waals surface area contributed by atoms with E-state index >= 15 is 0 Å². The number of ether oxygens (including phenoxy) is 1. The number of hydrogen-bond donors (Lipinski definition) is 2. The first-order valence-electron chi connectivity index (χ1n) is 5.38. The molecule has 2 rings (SSSR count). The molecular formula is C9H17N5O. The molecule has 3 unspecified atom stereocenters. The quantitative estimate of drug-likeness (QED) is 0.754. The third-order valence-electron chi connectivity index (χ3n) is 2.72. The number of nitrogens with one attached hydrogen (secondary N) is 2. The van der Waals surface area contributed by atoms with Crippen molar-refractivity contribution in [2.45, 2.75) is 44.9 Å². The van der Waals surface area contributed by atoms with E-state index in [9.17, 15) is 0 Å². The van der Waals surface area contributed by atoms with Gasteiger partial charge in [-0.25, -0.2) is 0 Å². The molecule has 0 aromatic carbocycles. The second kappa shape index (κ2) is 4.67. The van der Waals surface area contributed by atoms with Crippen LogP contribution in [-0.2, 0) is 4.74 Å². The zero-order valence-electron chi connectivity index (χ0n) is 9.10. The summed E-state index contributed by atoms with van der Waals surface area (Å²) in [7, 11) is 0. The standard InChI is InChI=1S/C9H17N5O/c1-6-3-4-8(15-6)5-10-7(2)9-11-13-14-12-9/h6-8,10H,3-5H2,1-2H3,(H,11,12,13,14). The average Bonchev–Trinajstić information content (AvgIpc) is 2.84. The van der Waals surface area contributed by atoms with Crippen molar-refractivity contribution in [1.82, 2.24) is 25.9 Å². The van der Waals surface area contributed by atoms with Crippen molar-refractivity contribution in [2.24, 2.45) is 0 Å². The second-order valence-corrected chi connectivity index (χ2v) is 4.05. The maximum atomic E-state index is 5.70. The van der Waals surface area contributed by atoms with Gasteiger partial charge in [0.15, 0.2) is 5.82 Å². The highest BCUT2D eigenvalue weighted by atomic mass is 16.5. The van der Waals surface area contributed by atoms with Crippen LogP contribution in [0.4, 0.5) is 0 Å². The highest BCUT2D eigenvalue weighted by Gasteiger charge is 2.22. The SMILES string of the molecule is CC1CCC(CNC(C)c2nn[nH]n2)O1. The number of tetrazole rings is 1. The molecule has 1 fully saturated rings. The molecule has 1 saturated heterocycles. The van der Waals surface area contributed by atoms with Crippen LogP contribution < -0.4 is 5.32 Å². The molecule has 0 radical (unpaired) electrons. The topological polar surface area (TPSA) is 75.7 Å². The Morgan fingerprint density at radius 3 is 3.07 bits per heavy atom. The van der Waals surface area contributed by atoms with Gasteiger partial charge in [-0.2, -0.15) is 5.21 Å². The number of aromatic nitrogens is 4. The summed E-state index contributed by atoms with van der Waals surface area (Å²) in [6.07, 6.45) is 3.02. The first-order valence-corrected chi connectivity index (χ1v) is 5.38. The molecule has 2 N–H and O–H groups in total. The fraction of sp³-hybridized carbons (Fsp3) is 0.889. The van der Waals surface area contributed by atoms with Crippen molar-refractivity contribution >= 4 is 0 Å². The molecule has 1 aromatic rings. The van der Waals surface area contributed by atoms with Crippen molar-refractivity contribution < 1.29 is 4.74 Å². The maximum Gasteiger partial charge on any atom is 0.191 e. The van der Waals surface area contributed by atoms with Gasteiger partial charge >= 0.3 is 0 Å². The van der Waals surface area contributed by atoms with Crippen LogP contribution in [0.2, 0.25) is 0 Å². The Morgan fingerprint density at radius 2 is 2.47 bits per heavy atom. The van der Waals surface area contributed by atoms with Crippen LogP contribution in [0.5, 0.6) is 0 Å². The monoisotopic (exact) mass is 211 g/mol. The van der Waals surface area contributed by atoms with E-state index in [0.29, 0.717) is 18.0 Å². The van der Waals surface area contributed by atoms with Crippen LogP contribution in [0.1, 0.15) is 38.6 Å². The van der Waals surface area contributed by atoms with Gasteiger partial charge in [-0.3, -0.25) is 0 Å². The third kappa shape index (κ3) is 2.73. The largest absolute Gasteiger partial charge is 0.374 e. The first kappa shape index (κ1) is 10.5. The Balaban J connectivity index is 1.74. The summed E-state index contributed by atoms with van der Waals surface area (Å²) < 4.78 is 5.70. The molecule has 0 saturated carbocycles. The van der Waals surface area contributed by atoms with Crippen LogP contribution in [0, 0.1) is 0 Å². The lowest BCUT2D eigenvalue weighted by Crippen LogP contribution is -2.29. The van der Waals surface area contributed by atoms with Crippen LogP contribution >= 0.6 is 0 Å². The first-order chi connectivity index (χ1) is 7.25. The predicted octanol–water partition coefficient (Wildman–Crippen LogP) is 0.418. The minimum Gasteiger partial charge on any atom is -0.374 e. The highest BCUT2D eigenvalue weighted by molar-refractivity contribution is 4.86. The van der Waals surface area contributed by atoms with Gasteiger partial charge in [0, 0.05) is 6.54 Å². The van der Waals surface area contributed by atoms with Crippen molar-refractivity contribution in [3.8, 4) is 0 Å². The molecule has 0 aliphatic carbocycles. The minimum atomic E-state index is 0.114. The normalized spacial score (nSPS) is 28.1. The molecular weight excluding hydrogens is 194 g/mol. The van der Waals surface area contributed by atoms with Gasteiger partial charge in [-0.05, 0) is 26.7 Å². The molecule has 84 valence electrons. The van der Waals surface area contributed by atoms with E-state index in [2.05, 4.69) is 32.9 Å². The molecule has 1 aromatic heterocycles. The molecule has 2 heterocycles. The summed E-state index contributed by atoms with van der Waals surface area (Å²) in [5, 5.41) is 17.2. The average molecular weight is 211 g/mol. The van der Waals surface area contributed by atoms with E-state index in [1.54, 1.807) is 0 Å². The fourth-order valence-corrected chi connectivity index (χ4v) is 1.79. The van der Waals surface area contributed by atoms with E-state index in [0.717, 1.165) is 19.4 Å². The number of hydrogen-bond acceptors (Lipinski definition) is 5. The Hall–Kier alpha value is -1.01. The van der Waals surface area contributed by atoms with E-state index in [-0.39, 0.29) is 6.04 Å². The molecule has 1 aliphatic rings. The Kier molecular flexibility index (Phi) is 3.27. The van der Waals surface area contributed by atoms with Gasteiger partial charge in [-0.1, -0.05) is 5.21 Å². The van der Waals surface area contributed by atoms with Gasteiger partial charge in [0.25, 0.3) is 0 Å². The van der Waals surface area contributed by atoms with E-state index < -0.39 is 0 Å². The Bertz CT molecular complexity index is 289. The molecule has 1 aliphatic heterocycles. The molecule has 0 spiro atoms. The summed E-state index contributed by atoms with van der Waals surface area (Å²) in [4.78, 5) is 0. The molecule has 0 bridgehead atoms. The number of H-pyrrole nitrogens is 1. The van der Waals surface area contributed by atoms with Crippen molar-refractivity contribution in [3.05, 3.63) is 5.82 Å². The minimum absolute atomic E-state index is 0.114. The molecule has 3 atom stereocenters. The summed E-state index contributed by atoms with van der Waals surface area (Å²) in [6.45, 7) is 4.98.